The molecule has 1 fully saturated rings. The lowest BCUT2D eigenvalue weighted by molar-refractivity contribution is -0.134. The van der Waals surface area contributed by atoms with Crippen LogP contribution in [0.3, 0.4) is 0 Å². The fraction of sp³-hybridized carbons (Fsp3) is 0.400. The van der Waals surface area contributed by atoms with Crippen LogP contribution in [0.25, 0.3) is 0 Å². The highest BCUT2D eigenvalue weighted by Crippen LogP contribution is 2.32. The van der Waals surface area contributed by atoms with Gasteiger partial charge in [-0.1, -0.05) is 5.16 Å². The molecule has 1 heterocycles. The summed E-state index contributed by atoms with van der Waals surface area (Å²) >= 11 is 0. The summed E-state index contributed by atoms with van der Waals surface area (Å²) in [5.41, 5.74) is 2.99. The summed E-state index contributed by atoms with van der Waals surface area (Å²) in [5.74, 6) is 0.448. The maximum absolute atomic E-state index is 13.2. The molecule has 10 nitrogen and oxygen atoms in total. The summed E-state index contributed by atoms with van der Waals surface area (Å²) in [7, 11) is -0.172. The number of ether oxygens (including phenoxy) is 3. The number of rotatable bonds is 12. The van der Waals surface area contributed by atoms with Gasteiger partial charge in [0.15, 0.2) is 6.29 Å². The second-order valence-corrected chi connectivity index (χ2v) is 10.0. The smallest absolute Gasteiger partial charge is 0.262 e. The van der Waals surface area contributed by atoms with Crippen LogP contribution >= 0.6 is 0 Å². The van der Waals surface area contributed by atoms with E-state index in [0.29, 0.717) is 65.4 Å². The zero-order chi connectivity index (χ0) is 26.0. The van der Waals surface area contributed by atoms with E-state index in [1.807, 2.05) is 0 Å². The van der Waals surface area contributed by atoms with Gasteiger partial charge in [0.1, 0.15) is 16.2 Å². The largest absolute Gasteiger partial charge is 0.497 e. The van der Waals surface area contributed by atoms with E-state index < -0.39 is 21.5 Å². The molecule has 0 spiro atoms. The molecule has 1 amide bonds. The number of nitrogens with one attached hydrogen (secondary N) is 1. The van der Waals surface area contributed by atoms with Crippen LogP contribution in [-0.4, -0.2) is 64.2 Å². The maximum Gasteiger partial charge on any atom is 0.262 e. The molecule has 0 aromatic heterocycles. The third kappa shape index (κ3) is 6.28. The Morgan fingerprint density at radius 1 is 1.17 bits per heavy atom. The Bertz CT molecular complexity index is 1100. The van der Waals surface area contributed by atoms with Crippen molar-refractivity contribution in [2.75, 3.05) is 26.9 Å². The first-order valence-electron chi connectivity index (χ1n) is 11.5. The third-order valence-electron chi connectivity index (χ3n) is 6.10. The predicted octanol–water partition coefficient (Wildman–Crippen LogP) is 3.10. The molecule has 1 unspecified atom stereocenters. The van der Waals surface area contributed by atoms with Gasteiger partial charge in [-0.3, -0.25) is 19.0 Å². The summed E-state index contributed by atoms with van der Waals surface area (Å²) in [6, 6.07) is 11.6. The molecule has 1 aliphatic rings. The van der Waals surface area contributed by atoms with Crippen LogP contribution < -0.4 is 15.0 Å². The Morgan fingerprint density at radius 3 is 2.47 bits per heavy atom. The van der Waals surface area contributed by atoms with E-state index in [0.717, 1.165) is 0 Å². The van der Waals surface area contributed by atoms with Gasteiger partial charge in [-0.2, -0.15) is 0 Å². The van der Waals surface area contributed by atoms with Crippen molar-refractivity contribution < 1.29 is 38.4 Å². The SMILES string of the molecule is COc1ccc(/C(CCCCOc2ccc(S(=O)C3(C(=O)NO)CCOCC3)cc2)=N\O)c(C=O)c1. The molecular weight excluding hydrogens is 488 g/mol. The number of amides is 1. The highest BCUT2D eigenvalue weighted by molar-refractivity contribution is 7.87. The number of nitrogens with zero attached hydrogens (tertiary/aromatic N) is 1. The Morgan fingerprint density at radius 2 is 1.86 bits per heavy atom. The second kappa shape index (κ2) is 13.1. The number of carbonyl (C=O) groups is 2. The highest BCUT2D eigenvalue weighted by atomic mass is 32.2. The highest BCUT2D eigenvalue weighted by Gasteiger charge is 2.46. The molecule has 3 rings (SSSR count). The average Bonchev–Trinajstić information content (AvgIpc) is 2.94. The molecule has 1 aliphatic heterocycles. The van der Waals surface area contributed by atoms with Gasteiger partial charge in [0.2, 0.25) is 0 Å². The van der Waals surface area contributed by atoms with Crippen LogP contribution in [0.1, 0.15) is 48.0 Å². The van der Waals surface area contributed by atoms with Crippen molar-refractivity contribution in [2.24, 2.45) is 5.16 Å². The van der Waals surface area contributed by atoms with E-state index in [2.05, 4.69) is 5.16 Å². The minimum Gasteiger partial charge on any atom is -0.497 e. The number of benzene rings is 2. The molecule has 1 saturated heterocycles. The normalized spacial score (nSPS) is 16.1. The quantitative estimate of drug-likeness (QED) is 0.0971. The van der Waals surface area contributed by atoms with Gasteiger partial charge in [0, 0.05) is 29.2 Å². The number of hydrogen-bond acceptors (Lipinski definition) is 9. The van der Waals surface area contributed by atoms with Crippen molar-refractivity contribution in [1.29, 1.82) is 0 Å². The van der Waals surface area contributed by atoms with Crippen LogP contribution in [0.5, 0.6) is 11.5 Å². The van der Waals surface area contributed by atoms with Gasteiger partial charge >= 0.3 is 0 Å². The molecule has 2 aromatic rings. The minimum atomic E-state index is -1.68. The summed E-state index contributed by atoms with van der Waals surface area (Å²) in [6.45, 7) is 0.981. The Labute approximate surface area is 211 Å². The topological polar surface area (TPSA) is 144 Å². The van der Waals surface area contributed by atoms with Crippen LogP contribution in [0, 0.1) is 0 Å². The van der Waals surface area contributed by atoms with Gasteiger partial charge in [0.05, 0.1) is 30.2 Å². The molecular formula is C25H30N2O8S. The lowest BCUT2D eigenvalue weighted by atomic mass is 9.98. The zero-order valence-electron chi connectivity index (χ0n) is 20.0. The Hall–Kier alpha value is -3.28. The second-order valence-electron chi connectivity index (χ2n) is 8.21. The van der Waals surface area contributed by atoms with Gasteiger partial charge in [-0.15, -0.1) is 0 Å². The van der Waals surface area contributed by atoms with Crippen molar-refractivity contribution in [3.05, 3.63) is 53.6 Å². The lowest BCUT2D eigenvalue weighted by Crippen LogP contribution is -2.52. The standard InChI is InChI=1S/C25H30N2O8S/c1-33-20-7-10-22(18(16-20)17-28)23(26-30)4-2-3-13-35-19-5-8-21(9-6-19)36(32)25(24(29)27-31)11-14-34-15-12-25/h5-10,16-17,30-31H,2-4,11-15H2,1H3,(H,27,29)/b26-23-. The van der Waals surface area contributed by atoms with Gasteiger partial charge in [0.25, 0.3) is 5.91 Å². The first-order chi connectivity index (χ1) is 17.5. The van der Waals surface area contributed by atoms with E-state index in [1.54, 1.807) is 47.9 Å². The first-order valence-corrected chi connectivity index (χ1v) is 12.7. The van der Waals surface area contributed by atoms with Crippen molar-refractivity contribution in [2.45, 2.75) is 41.7 Å². The fourth-order valence-corrected chi connectivity index (χ4v) is 5.62. The number of aldehydes is 1. The fourth-order valence-electron chi connectivity index (χ4n) is 4.04. The molecule has 1 atom stereocenters. The number of unbranched alkanes of at least 4 members (excludes halogenated alkanes) is 1. The van der Waals surface area contributed by atoms with Crippen molar-refractivity contribution in [3.8, 4) is 11.5 Å². The summed E-state index contributed by atoms with van der Waals surface area (Å²) < 4.78 is 28.2. The summed E-state index contributed by atoms with van der Waals surface area (Å²) in [5, 5.41) is 22.0. The molecule has 0 aliphatic carbocycles. The van der Waals surface area contributed by atoms with E-state index >= 15 is 0 Å². The predicted molar refractivity (Wildman–Crippen MR) is 132 cm³/mol. The number of hydroxylamine groups is 1. The lowest BCUT2D eigenvalue weighted by Gasteiger charge is -2.33. The van der Waals surface area contributed by atoms with Crippen LogP contribution in [-0.2, 0) is 20.3 Å². The van der Waals surface area contributed by atoms with E-state index in [4.69, 9.17) is 19.4 Å². The van der Waals surface area contributed by atoms with Gasteiger partial charge in [-0.05, 0) is 74.6 Å². The van der Waals surface area contributed by atoms with Gasteiger partial charge in [-0.25, -0.2) is 5.48 Å². The van der Waals surface area contributed by atoms with Crippen LogP contribution in [0.2, 0.25) is 0 Å². The summed E-state index contributed by atoms with van der Waals surface area (Å²) in [4.78, 5) is 24.2. The van der Waals surface area contributed by atoms with E-state index in [-0.39, 0.29) is 26.1 Å². The Balaban J connectivity index is 1.52. The van der Waals surface area contributed by atoms with Crippen LogP contribution in [0.15, 0.2) is 52.5 Å². The Kier molecular flexibility index (Phi) is 9.97. The molecule has 0 saturated carbocycles. The monoisotopic (exact) mass is 518 g/mol. The molecule has 2 aromatic carbocycles. The summed E-state index contributed by atoms with van der Waals surface area (Å²) in [6.07, 6.45) is 2.96. The minimum absolute atomic E-state index is 0.244. The molecule has 36 heavy (non-hydrogen) atoms. The first kappa shape index (κ1) is 27.3. The molecule has 11 heteroatoms. The van der Waals surface area contributed by atoms with Gasteiger partial charge < -0.3 is 19.4 Å². The molecule has 194 valence electrons. The molecule has 0 radical (unpaired) electrons. The van der Waals surface area contributed by atoms with Crippen LogP contribution in [0.4, 0.5) is 0 Å². The molecule has 0 bridgehead atoms. The number of hydrogen-bond donors (Lipinski definition) is 3. The average molecular weight is 519 g/mol. The maximum atomic E-state index is 13.2. The number of oxime groups is 1. The van der Waals surface area contributed by atoms with Crippen molar-refractivity contribution in [1.82, 2.24) is 5.48 Å². The van der Waals surface area contributed by atoms with Crippen molar-refractivity contribution in [3.63, 3.8) is 0 Å². The zero-order valence-corrected chi connectivity index (χ0v) is 20.8. The number of methoxy groups -OCH3 is 1. The van der Waals surface area contributed by atoms with E-state index in [9.17, 15) is 19.0 Å². The van der Waals surface area contributed by atoms with E-state index in [1.165, 1.54) is 7.11 Å². The molecule has 3 N–H and O–H groups in total. The number of carbonyl (C=O) groups excluding carboxylic acids is 2. The third-order valence-corrected chi connectivity index (χ3v) is 8.11. The van der Waals surface area contributed by atoms with Crippen molar-refractivity contribution >= 4 is 28.7 Å².